The quantitative estimate of drug-likeness (QED) is 0.467. The van der Waals surface area contributed by atoms with Crippen LogP contribution >= 0.6 is 23.4 Å². The highest BCUT2D eigenvalue weighted by atomic mass is 35.5. The lowest BCUT2D eigenvalue weighted by atomic mass is 10.2. The molecule has 2 heterocycles. The summed E-state index contributed by atoms with van der Waals surface area (Å²) < 4.78 is 25.6. The Labute approximate surface area is 154 Å². The second-order valence-electron chi connectivity index (χ2n) is 5.17. The number of rotatable bonds is 9. The van der Waals surface area contributed by atoms with Crippen molar-refractivity contribution in [2.24, 2.45) is 0 Å². The average molecular weight is 387 g/mol. The van der Waals surface area contributed by atoms with Crippen molar-refractivity contribution in [2.75, 3.05) is 18.1 Å². The molecule has 4 nitrogen and oxygen atoms in total. The third kappa shape index (κ3) is 5.37. The van der Waals surface area contributed by atoms with Gasteiger partial charge < -0.3 is 4.90 Å². The summed E-state index contributed by atoms with van der Waals surface area (Å²) in [4.78, 5) is 18.1. The summed E-state index contributed by atoms with van der Waals surface area (Å²) >= 11 is 7.82. The summed E-state index contributed by atoms with van der Waals surface area (Å²) in [5.74, 6) is 1.13. The predicted octanol–water partition coefficient (Wildman–Crippen LogP) is 4.36. The molecule has 134 valence electrons. The van der Waals surface area contributed by atoms with Crippen LogP contribution in [-0.2, 0) is 4.79 Å². The second-order valence-corrected chi connectivity index (χ2v) is 6.75. The fourth-order valence-corrected chi connectivity index (χ4v) is 3.39. The summed E-state index contributed by atoms with van der Waals surface area (Å²) in [5.41, 5.74) is 1.52. The zero-order valence-corrected chi connectivity index (χ0v) is 15.4. The number of hydrogen-bond acceptors (Lipinski definition) is 3. The molecule has 8 heteroatoms. The van der Waals surface area contributed by atoms with Crippen molar-refractivity contribution in [1.82, 2.24) is 9.88 Å². The number of nitrogens with zero attached hydrogens (tertiary/aromatic N) is 3. The number of pyridine rings is 1. The number of carbonyl (C=O) groups is 1. The smallest absolute Gasteiger partial charge is 0.301 e. The molecule has 0 aromatic carbocycles. The van der Waals surface area contributed by atoms with E-state index in [1.807, 2.05) is 25.3 Å². The first-order valence-corrected chi connectivity index (χ1v) is 9.41. The number of carbonyl (C=O) groups excluding carboxylic acids is 1. The molecule has 1 aromatic heterocycles. The van der Waals surface area contributed by atoms with E-state index in [4.69, 9.17) is 11.6 Å². The Balaban J connectivity index is 1.84. The van der Waals surface area contributed by atoms with E-state index in [1.165, 1.54) is 11.8 Å². The SMILES string of the molecule is CCN(C(=O)CCSCCC=C(F)F)C1=C[N+](c2cccnc2)=C1Cl. The van der Waals surface area contributed by atoms with Gasteiger partial charge >= 0.3 is 5.17 Å². The van der Waals surface area contributed by atoms with Crippen LogP contribution in [0, 0.1) is 0 Å². The van der Waals surface area contributed by atoms with E-state index in [1.54, 1.807) is 21.9 Å². The first kappa shape index (κ1) is 19.6. The Morgan fingerprint density at radius 2 is 2.24 bits per heavy atom. The van der Waals surface area contributed by atoms with Crippen molar-refractivity contribution < 1.29 is 18.2 Å². The number of hydrogen-bond donors (Lipinski definition) is 0. The Hall–Kier alpha value is -1.73. The van der Waals surface area contributed by atoms with Crippen LogP contribution in [-0.4, -0.2) is 43.6 Å². The summed E-state index contributed by atoms with van der Waals surface area (Å²) in [7, 11) is 0. The molecule has 0 radical (unpaired) electrons. The van der Waals surface area contributed by atoms with E-state index in [9.17, 15) is 13.6 Å². The van der Waals surface area contributed by atoms with Crippen LogP contribution in [0.15, 0.2) is 48.6 Å². The first-order chi connectivity index (χ1) is 12.0. The molecule has 0 N–H and O–H groups in total. The molecular weight excluding hydrogens is 368 g/mol. The van der Waals surface area contributed by atoms with Crippen LogP contribution in [0.4, 0.5) is 14.5 Å². The largest absolute Gasteiger partial charge is 0.311 e. The minimum atomic E-state index is -1.66. The first-order valence-electron chi connectivity index (χ1n) is 7.87. The van der Waals surface area contributed by atoms with Gasteiger partial charge in [-0.2, -0.15) is 20.5 Å². The molecule has 25 heavy (non-hydrogen) atoms. The molecule has 0 spiro atoms. The summed E-state index contributed by atoms with van der Waals surface area (Å²) in [6.45, 7) is 2.40. The van der Waals surface area contributed by atoms with Gasteiger partial charge in [0.2, 0.25) is 17.8 Å². The lowest BCUT2D eigenvalue weighted by Gasteiger charge is -2.24. The normalized spacial score (nSPS) is 13.2. The van der Waals surface area contributed by atoms with Gasteiger partial charge in [0.25, 0.3) is 6.08 Å². The molecule has 0 saturated heterocycles. The molecule has 0 aliphatic carbocycles. The zero-order valence-electron chi connectivity index (χ0n) is 13.8. The fourth-order valence-electron chi connectivity index (χ4n) is 2.28. The van der Waals surface area contributed by atoms with Gasteiger partial charge in [-0.15, -0.1) is 4.58 Å². The molecule has 0 saturated carbocycles. The lowest BCUT2D eigenvalue weighted by molar-refractivity contribution is -0.373. The predicted molar refractivity (Wildman–Crippen MR) is 97.3 cm³/mol. The van der Waals surface area contributed by atoms with Gasteiger partial charge in [0.15, 0.2) is 5.70 Å². The molecular formula is C17H19ClF2N3OS+. The van der Waals surface area contributed by atoms with Gasteiger partial charge in [0.1, 0.15) is 0 Å². The van der Waals surface area contributed by atoms with Gasteiger partial charge in [0.05, 0.1) is 6.20 Å². The van der Waals surface area contributed by atoms with Gasteiger partial charge in [0, 0.05) is 31.0 Å². The Bertz CT molecular complexity index is 703. The van der Waals surface area contributed by atoms with E-state index in [0.717, 1.165) is 11.8 Å². The third-order valence-electron chi connectivity index (χ3n) is 3.53. The molecule has 2 rings (SSSR count). The van der Waals surface area contributed by atoms with Crippen molar-refractivity contribution in [2.45, 2.75) is 19.8 Å². The molecule has 0 atom stereocenters. The maximum Gasteiger partial charge on any atom is 0.311 e. The summed E-state index contributed by atoms with van der Waals surface area (Å²) in [6.07, 6.45) is 5.07. The van der Waals surface area contributed by atoms with E-state index >= 15 is 0 Å². The van der Waals surface area contributed by atoms with Crippen LogP contribution in [0.25, 0.3) is 0 Å². The Morgan fingerprint density at radius 3 is 2.84 bits per heavy atom. The van der Waals surface area contributed by atoms with Gasteiger partial charge in [-0.25, -0.2) is 0 Å². The molecule has 1 aromatic rings. The van der Waals surface area contributed by atoms with E-state index in [-0.39, 0.29) is 5.91 Å². The number of aromatic nitrogens is 1. The minimum absolute atomic E-state index is 0.0301. The average Bonchev–Trinajstić information content (AvgIpc) is 2.61. The van der Waals surface area contributed by atoms with E-state index in [0.29, 0.717) is 41.8 Å². The van der Waals surface area contributed by atoms with Gasteiger partial charge in [-0.05, 0) is 42.8 Å². The molecule has 1 aliphatic rings. The van der Waals surface area contributed by atoms with Crippen molar-refractivity contribution in [3.8, 4) is 0 Å². The summed E-state index contributed by atoms with van der Waals surface area (Å²) in [5, 5.41) is 0.486. The lowest BCUT2D eigenvalue weighted by Crippen LogP contribution is -2.38. The summed E-state index contributed by atoms with van der Waals surface area (Å²) in [6, 6.07) is 3.70. The van der Waals surface area contributed by atoms with Crippen LogP contribution in [0.3, 0.4) is 0 Å². The van der Waals surface area contributed by atoms with Crippen LogP contribution in [0.1, 0.15) is 19.8 Å². The van der Waals surface area contributed by atoms with Gasteiger partial charge in [-0.1, -0.05) is 0 Å². The number of halogens is 3. The molecule has 0 fully saturated rings. The highest BCUT2D eigenvalue weighted by Gasteiger charge is 2.36. The third-order valence-corrected chi connectivity index (χ3v) is 4.92. The monoisotopic (exact) mass is 386 g/mol. The van der Waals surface area contributed by atoms with Crippen molar-refractivity contribution in [3.05, 3.63) is 48.6 Å². The Morgan fingerprint density at radius 1 is 1.44 bits per heavy atom. The maximum atomic E-state index is 12.4. The zero-order chi connectivity index (χ0) is 18.2. The Kier molecular flexibility index (Phi) is 7.58. The van der Waals surface area contributed by atoms with Crippen molar-refractivity contribution in [1.29, 1.82) is 0 Å². The number of thioether (sulfide) groups is 1. The molecule has 1 aliphatic heterocycles. The van der Waals surface area contributed by atoms with E-state index in [2.05, 4.69) is 4.98 Å². The van der Waals surface area contributed by atoms with Crippen LogP contribution in [0.5, 0.6) is 0 Å². The number of allylic oxidation sites excluding steroid dienone is 2. The minimum Gasteiger partial charge on any atom is -0.301 e. The number of amides is 1. The van der Waals surface area contributed by atoms with E-state index < -0.39 is 6.08 Å². The van der Waals surface area contributed by atoms with Gasteiger partial charge in [-0.3, -0.25) is 9.78 Å². The van der Waals surface area contributed by atoms with Crippen molar-refractivity contribution in [3.63, 3.8) is 0 Å². The van der Waals surface area contributed by atoms with Crippen LogP contribution in [0.2, 0.25) is 0 Å². The van der Waals surface area contributed by atoms with Crippen molar-refractivity contribution >= 4 is 40.1 Å². The maximum absolute atomic E-state index is 12.4. The fraction of sp³-hybridized carbons (Fsp3) is 0.353. The highest BCUT2D eigenvalue weighted by molar-refractivity contribution is 7.99. The molecule has 0 bridgehead atoms. The highest BCUT2D eigenvalue weighted by Crippen LogP contribution is 2.26. The second kappa shape index (κ2) is 9.68. The molecule has 0 unspecified atom stereocenters. The molecule has 1 amide bonds. The van der Waals surface area contributed by atoms with Crippen LogP contribution < -0.4 is 0 Å². The standard InChI is InChI=1S/C17H19ClF2N3OS/c1-2-22(16(24)7-10-25-9-4-6-15(19)20)14-12-23(17(14)18)13-5-3-8-21-11-13/h3,5-6,8,11-12H,2,4,7,9-10H2,1H3/q+1. The topological polar surface area (TPSA) is 36.2 Å².